The van der Waals surface area contributed by atoms with Crippen LogP contribution >= 0.6 is 11.8 Å². The normalized spacial score (nSPS) is 20.4. The third kappa shape index (κ3) is 4.39. The molecule has 2 unspecified atom stereocenters. The topological polar surface area (TPSA) is 83.6 Å². The van der Waals surface area contributed by atoms with E-state index in [2.05, 4.69) is 18.8 Å². The molecular weight excluding hydrogens is 410 g/mol. The maximum atomic E-state index is 13.0. The molecule has 31 heavy (non-hydrogen) atoms. The van der Waals surface area contributed by atoms with Crippen LogP contribution in [0.15, 0.2) is 34.4 Å². The Labute approximate surface area is 187 Å². The zero-order valence-electron chi connectivity index (χ0n) is 18.5. The van der Waals surface area contributed by atoms with E-state index in [9.17, 15) is 4.79 Å². The van der Waals surface area contributed by atoms with Crippen LogP contribution in [0.5, 0.6) is 5.75 Å². The summed E-state index contributed by atoms with van der Waals surface area (Å²) in [5, 5.41) is 9.52. The molecule has 0 spiro atoms. The number of fused-ring (bicyclic) bond motifs is 1. The molecule has 1 aromatic carbocycles. The Balaban J connectivity index is 1.66. The largest absolute Gasteiger partial charge is 0.497 e. The van der Waals surface area contributed by atoms with Gasteiger partial charge in [0.05, 0.1) is 36.4 Å². The number of likely N-dealkylation sites (tertiary alicyclic amines) is 1. The Morgan fingerprint density at radius 1 is 1.29 bits per heavy atom. The molecule has 0 aliphatic carbocycles. The van der Waals surface area contributed by atoms with Gasteiger partial charge < -0.3 is 9.64 Å². The quantitative estimate of drug-likeness (QED) is 0.572. The minimum Gasteiger partial charge on any atom is -0.497 e. The van der Waals surface area contributed by atoms with Crippen molar-refractivity contribution in [3.8, 4) is 11.4 Å². The van der Waals surface area contributed by atoms with Gasteiger partial charge in [-0.05, 0) is 37.3 Å². The van der Waals surface area contributed by atoms with Gasteiger partial charge in [0.2, 0.25) is 5.91 Å². The number of aromatic nitrogens is 2. The summed E-state index contributed by atoms with van der Waals surface area (Å²) in [6, 6.07) is 7.57. The molecule has 1 N–H and O–H groups in total. The number of ether oxygens (including phenoxy) is 1. The number of thioether (sulfide) groups is 1. The van der Waals surface area contributed by atoms with Gasteiger partial charge in [0.1, 0.15) is 11.2 Å². The van der Waals surface area contributed by atoms with Crippen LogP contribution in [0.4, 0.5) is 0 Å². The highest BCUT2D eigenvalue weighted by Crippen LogP contribution is 2.26. The fourth-order valence-electron chi connectivity index (χ4n) is 4.50. The predicted octanol–water partition coefficient (Wildman–Crippen LogP) is 3.28. The van der Waals surface area contributed by atoms with Crippen molar-refractivity contribution in [2.45, 2.75) is 38.9 Å². The van der Waals surface area contributed by atoms with E-state index in [1.54, 1.807) is 11.7 Å². The highest BCUT2D eigenvalue weighted by molar-refractivity contribution is 7.99. The Bertz CT molecular complexity index is 1080. The number of nitrogens with one attached hydrogen (secondary N) is 1. The van der Waals surface area contributed by atoms with Crippen molar-refractivity contribution in [1.82, 2.24) is 14.5 Å². The average molecular weight is 440 g/mol. The summed E-state index contributed by atoms with van der Waals surface area (Å²) < 4.78 is 7.18. The molecule has 2 atom stereocenters. The number of nitrogens with zero attached hydrogens (tertiary/aromatic N) is 4. The number of hydrogen-bond donors (Lipinski definition) is 1. The number of carbonyl (C=O) groups excluding carboxylic acids is 1. The van der Waals surface area contributed by atoms with E-state index >= 15 is 0 Å². The summed E-state index contributed by atoms with van der Waals surface area (Å²) in [5.41, 5.74) is 3.53. The van der Waals surface area contributed by atoms with Gasteiger partial charge in [0.15, 0.2) is 5.16 Å². The first kappa shape index (κ1) is 21.6. The van der Waals surface area contributed by atoms with E-state index in [4.69, 9.17) is 15.1 Å². The van der Waals surface area contributed by atoms with Gasteiger partial charge in [-0.15, -0.1) is 0 Å². The minimum absolute atomic E-state index is 0.127. The van der Waals surface area contributed by atoms with Crippen LogP contribution in [-0.2, 0) is 11.3 Å². The van der Waals surface area contributed by atoms with Crippen molar-refractivity contribution in [3.63, 3.8) is 0 Å². The maximum Gasteiger partial charge on any atom is 0.233 e. The van der Waals surface area contributed by atoms with Gasteiger partial charge >= 0.3 is 0 Å². The Morgan fingerprint density at radius 3 is 2.74 bits per heavy atom. The smallest absolute Gasteiger partial charge is 0.233 e. The van der Waals surface area contributed by atoms with Gasteiger partial charge in [-0.3, -0.25) is 19.8 Å². The predicted molar refractivity (Wildman–Crippen MR) is 122 cm³/mol. The number of aliphatic imine (C=N–C) groups is 1. The van der Waals surface area contributed by atoms with Gasteiger partial charge in [-0.25, -0.2) is 4.98 Å². The number of amides is 1. The number of methoxy groups -OCH3 is 1. The zero-order chi connectivity index (χ0) is 22.1. The molecule has 2 aliphatic heterocycles. The van der Waals surface area contributed by atoms with E-state index in [0.29, 0.717) is 40.5 Å². The second-order valence-corrected chi connectivity index (χ2v) is 9.48. The van der Waals surface area contributed by atoms with Crippen molar-refractivity contribution in [2.24, 2.45) is 16.8 Å². The van der Waals surface area contributed by atoms with Crippen molar-refractivity contribution in [1.29, 1.82) is 5.41 Å². The van der Waals surface area contributed by atoms with Crippen LogP contribution in [0, 0.1) is 17.2 Å². The van der Waals surface area contributed by atoms with E-state index in [1.165, 1.54) is 18.2 Å². The monoisotopic (exact) mass is 439 g/mol. The number of rotatable bonds is 5. The van der Waals surface area contributed by atoms with Crippen LogP contribution in [-0.4, -0.2) is 52.0 Å². The number of benzene rings is 1. The van der Waals surface area contributed by atoms with E-state index in [0.717, 1.165) is 35.7 Å². The van der Waals surface area contributed by atoms with Gasteiger partial charge in [0, 0.05) is 24.9 Å². The van der Waals surface area contributed by atoms with E-state index < -0.39 is 0 Å². The Morgan fingerprint density at radius 2 is 2.03 bits per heavy atom. The fraction of sp³-hybridized carbons (Fsp3) is 0.478. The van der Waals surface area contributed by atoms with Crippen LogP contribution in [0.25, 0.3) is 5.69 Å². The van der Waals surface area contributed by atoms with Crippen LogP contribution in [0.1, 0.15) is 38.4 Å². The lowest BCUT2D eigenvalue weighted by Gasteiger charge is -2.35. The Hall–Kier alpha value is -2.61. The first-order valence-corrected chi connectivity index (χ1v) is 11.6. The summed E-state index contributed by atoms with van der Waals surface area (Å²) in [6.07, 6.45) is 1.17. The lowest BCUT2D eigenvalue weighted by molar-refractivity contribution is -0.130. The van der Waals surface area contributed by atoms with Crippen LogP contribution in [0.2, 0.25) is 0 Å². The Kier molecular flexibility index (Phi) is 6.18. The molecule has 8 heteroatoms. The molecule has 1 saturated heterocycles. The summed E-state index contributed by atoms with van der Waals surface area (Å²) in [4.78, 5) is 24.2. The lowest BCUT2D eigenvalue weighted by Crippen LogP contribution is -2.43. The maximum absolute atomic E-state index is 13.0. The minimum atomic E-state index is 0.127. The van der Waals surface area contributed by atoms with Crippen molar-refractivity contribution in [2.75, 3.05) is 26.0 Å². The van der Waals surface area contributed by atoms with Crippen molar-refractivity contribution < 1.29 is 9.53 Å². The molecule has 0 radical (unpaired) electrons. The van der Waals surface area contributed by atoms with Crippen LogP contribution < -0.4 is 10.2 Å². The molecule has 2 aliphatic rings. The average Bonchev–Trinajstić information content (AvgIpc) is 3.12. The molecule has 4 rings (SSSR count). The van der Waals surface area contributed by atoms with E-state index in [-0.39, 0.29) is 5.91 Å². The molecule has 1 amide bonds. The van der Waals surface area contributed by atoms with Crippen molar-refractivity contribution >= 4 is 23.4 Å². The molecule has 1 aromatic heterocycles. The summed E-state index contributed by atoms with van der Waals surface area (Å²) in [6.45, 7) is 8.43. The summed E-state index contributed by atoms with van der Waals surface area (Å²) in [7, 11) is 1.62. The van der Waals surface area contributed by atoms with Crippen LogP contribution in [0.3, 0.4) is 0 Å². The second kappa shape index (κ2) is 8.86. The third-order valence-electron chi connectivity index (χ3n) is 5.86. The molecule has 3 heterocycles. The van der Waals surface area contributed by atoms with Gasteiger partial charge in [-0.1, -0.05) is 31.7 Å². The molecule has 1 fully saturated rings. The zero-order valence-corrected chi connectivity index (χ0v) is 19.3. The first-order chi connectivity index (χ1) is 14.9. The lowest BCUT2D eigenvalue weighted by atomic mass is 9.92. The summed E-state index contributed by atoms with van der Waals surface area (Å²) in [5.74, 6) is 2.18. The third-order valence-corrected chi connectivity index (χ3v) is 6.78. The van der Waals surface area contributed by atoms with Gasteiger partial charge in [-0.2, -0.15) is 0 Å². The number of piperidine rings is 1. The molecule has 164 valence electrons. The highest BCUT2D eigenvalue weighted by Gasteiger charge is 2.27. The number of carbonyl (C=O) groups is 1. The SMILES string of the molecule is COc1cccc(-n2c(SCC(=O)N3CC(C)CC(C)C3)nc3c(c2=N)C(C)=NC3)c1. The first-order valence-electron chi connectivity index (χ1n) is 10.6. The molecular formula is C23H29N5O2S. The molecule has 2 aromatic rings. The van der Waals surface area contributed by atoms with E-state index in [1.807, 2.05) is 36.1 Å². The standard InChI is InChI=1S/C23H29N5O2S/c1-14-8-15(2)12-27(11-14)20(29)13-31-23-26-19-10-25-16(3)21(19)22(24)28(23)17-6-5-7-18(9-17)30-4/h5-7,9,14-15,24H,8,10-13H2,1-4H3. The fourth-order valence-corrected chi connectivity index (χ4v) is 5.44. The number of hydrogen-bond acceptors (Lipinski definition) is 6. The second-order valence-electron chi connectivity index (χ2n) is 8.54. The van der Waals surface area contributed by atoms with Crippen molar-refractivity contribution in [3.05, 3.63) is 41.0 Å². The molecule has 0 bridgehead atoms. The summed E-state index contributed by atoms with van der Waals surface area (Å²) >= 11 is 1.39. The molecule has 0 saturated carbocycles. The van der Waals surface area contributed by atoms with Gasteiger partial charge in [0.25, 0.3) is 0 Å². The highest BCUT2D eigenvalue weighted by atomic mass is 32.2. The molecule has 7 nitrogen and oxygen atoms in total.